The Morgan fingerprint density at radius 1 is 1.53 bits per heavy atom. The second-order valence-electron chi connectivity index (χ2n) is 4.67. The molecular formula is C13H15BrFNO. The predicted molar refractivity (Wildman–Crippen MR) is 68.4 cm³/mol. The first-order valence-electron chi connectivity index (χ1n) is 5.79. The fraction of sp³-hybridized carbons (Fsp3) is 0.462. The lowest BCUT2D eigenvalue weighted by molar-refractivity contribution is 0.0944. The number of benzene rings is 1. The van der Waals surface area contributed by atoms with Crippen LogP contribution in [0.2, 0.25) is 0 Å². The topological polar surface area (TPSA) is 29.1 Å². The third-order valence-electron chi connectivity index (χ3n) is 3.51. The summed E-state index contributed by atoms with van der Waals surface area (Å²) < 4.78 is 13.6. The van der Waals surface area contributed by atoms with Crippen molar-refractivity contribution in [2.45, 2.75) is 26.2 Å². The highest BCUT2D eigenvalue weighted by Crippen LogP contribution is 2.47. The van der Waals surface area contributed by atoms with E-state index in [1.165, 1.54) is 18.9 Å². The van der Waals surface area contributed by atoms with E-state index >= 15 is 0 Å². The summed E-state index contributed by atoms with van der Waals surface area (Å²) in [6.07, 6.45) is 3.44. The molecule has 0 aromatic heterocycles. The van der Waals surface area contributed by atoms with Gasteiger partial charge >= 0.3 is 0 Å². The van der Waals surface area contributed by atoms with E-state index < -0.39 is 5.82 Å². The van der Waals surface area contributed by atoms with Crippen LogP contribution in [0.15, 0.2) is 22.7 Å². The lowest BCUT2D eigenvalue weighted by Crippen LogP contribution is -2.30. The molecule has 1 aliphatic carbocycles. The highest BCUT2D eigenvalue weighted by molar-refractivity contribution is 9.10. The minimum atomic E-state index is -0.408. The van der Waals surface area contributed by atoms with E-state index in [9.17, 15) is 9.18 Å². The molecule has 0 atom stereocenters. The van der Waals surface area contributed by atoms with E-state index in [2.05, 4.69) is 28.2 Å². The fourth-order valence-electron chi connectivity index (χ4n) is 1.84. The van der Waals surface area contributed by atoms with Gasteiger partial charge < -0.3 is 5.32 Å². The predicted octanol–water partition coefficient (Wildman–Crippen LogP) is 3.51. The number of hydrogen-bond acceptors (Lipinski definition) is 1. The molecule has 2 rings (SSSR count). The first-order valence-corrected chi connectivity index (χ1v) is 6.59. The Balaban J connectivity index is 1.97. The van der Waals surface area contributed by atoms with Gasteiger partial charge in [0.15, 0.2) is 0 Å². The van der Waals surface area contributed by atoms with Crippen molar-refractivity contribution in [1.29, 1.82) is 0 Å². The Hall–Kier alpha value is -0.900. The summed E-state index contributed by atoms with van der Waals surface area (Å²) in [5.74, 6) is -0.606. The molecule has 0 heterocycles. The van der Waals surface area contributed by atoms with E-state index in [-0.39, 0.29) is 5.91 Å². The molecule has 4 heteroatoms. The monoisotopic (exact) mass is 299 g/mol. The Morgan fingerprint density at radius 2 is 2.24 bits per heavy atom. The average Bonchev–Trinajstić information content (AvgIpc) is 3.10. The molecule has 1 aliphatic rings. The third-order valence-corrected chi connectivity index (χ3v) is 4.16. The minimum Gasteiger partial charge on any atom is -0.351 e. The Kier molecular flexibility index (Phi) is 3.52. The van der Waals surface area contributed by atoms with Crippen LogP contribution in [0.25, 0.3) is 0 Å². The Morgan fingerprint density at radius 3 is 2.76 bits per heavy atom. The zero-order valence-electron chi connectivity index (χ0n) is 9.72. The summed E-state index contributed by atoms with van der Waals surface area (Å²) in [7, 11) is 0. The van der Waals surface area contributed by atoms with Crippen molar-refractivity contribution >= 4 is 21.8 Å². The fourth-order valence-corrected chi connectivity index (χ4v) is 2.09. The molecule has 0 aliphatic heterocycles. The number of amides is 1. The van der Waals surface area contributed by atoms with Crippen molar-refractivity contribution in [1.82, 2.24) is 5.32 Å². The molecule has 92 valence electrons. The van der Waals surface area contributed by atoms with E-state index in [0.717, 1.165) is 6.42 Å². The van der Waals surface area contributed by atoms with Crippen molar-refractivity contribution in [2.24, 2.45) is 5.41 Å². The van der Waals surface area contributed by atoms with Gasteiger partial charge in [0, 0.05) is 12.1 Å². The van der Waals surface area contributed by atoms with E-state index in [1.807, 2.05) is 0 Å². The van der Waals surface area contributed by atoms with Crippen LogP contribution in [-0.4, -0.2) is 12.5 Å². The lowest BCUT2D eigenvalue weighted by Gasteiger charge is -2.13. The molecule has 0 bridgehead atoms. The third kappa shape index (κ3) is 2.86. The van der Waals surface area contributed by atoms with Crippen molar-refractivity contribution < 1.29 is 9.18 Å². The first-order chi connectivity index (χ1) is 8.06. The highest BCUT2D eigenvalue weighted by Gasteiger charge is 2.40. The van der Waals surface area contributed by atoms with E-state index in [4.69, 9.17) is 0 Å². The SMILES string of the molecule is CCC1(CNC(=O)c2ccc(Br)c(F)c2)CC1. The number of nitrogens with one attached hydrogen (secondary N) is 1. The minimum absolute atomic E-state index is 0.198. The molecule has 0 saturated heterocycles. The van der Waals surface area contributed by atoms with Crippen LogP contribution < -0.4 is 5.32 Å². The van der Waals surface area contributed by atoms with Gasteiger partial charge in [-0.2, -0.15) is 0 Å². The van der Waals surface area contributed by atoms with Gasteiger partial charge in [-0.05, 0) is 58.8 Å². The largest absolute Gasteiger partial charge is 0.351 e. The van der Waals surface area contributed by atoms with Crippen molar-refractivity contribution in [3.8, 4) is 0 Å². The van der Waals surface area contributed by atoms with Gasteiger partial charge in [0.2, 0.25) is 0 Å². The van der Waals surface area contributed by atoms with Gasteiger partial charge in [-0.15, -0.1) is 0 Å². The molecule has 0 spiro atoms. The van der Waals surface area contributed by atoms with Gasteiger partial charge in [0.25, 0.3) is 5.91 Å². The summed E-state index contributed by atoms with van der Waals surface area (Å²) >= 11 is 3.06. The normalized spacial score (nSPS) is 16.6. The standard InChI is InChI=1S/C13H15BrFNO/c1-2-13(5-6-13)8-16-12(17)9-3-4-10(14)11(15)7-9/h3-4,7H,2,5-6,8H2,1H3,(H,16,17). The van der Waals surface area contributed by atoms with Gasteiger partial charge in [-0.1, -0.05) is 6.92 Å². The zero-order chi connectivity index (χ0) is 12.5. The molecule has 1 N–H and O–H groups in total. The molecule has 1 aromatic rings. The van der Waals surface area contributed by atoms with Gasteiger partial charge in [-0.3, -0.25) is 4.79 Å². The Bertz CT molecular complexity index is 443. The molecule has 1 fully saturated rings. The highest BCUT2D eigenvalue weighted by atomic mass is 79.9. The molecule has 0 unspecified atom stereocenters. The number of rotatable bonds is 4. The summed E-state index contributed by atoms with van der Waals surface area (Å²) in [5.41, 5.74) is 0.682. The van der Waals surface area contributed by atoms with Crippen LogP contribution in [0.1, 0.15) is 36.5 Å². The smallest absolute Gasteiger partial charge is 0.251 e. The number of hydrogen-bond donors (Lipinski definition) is 1. The van der Waals surface area contributed by atoms with Gasteiger partial charge in [-0.25, -0.2) is 4.39 Å². The molecule has 17 heavy (non-hydrogen) atoms. The second kappa shape index (κ2) is 4.77. The van der Waals surface area contributed by atoms with Gasteiger partial charge in [0.05, 0.1) is 4.47 Å². The summed E-state index contributed by atoms with van der Waals surface area (Å²) in [4.78, 5) is 11.8. The van der Waals surface area contributed by atoms with Crippen LogP contribution in [0.3, 0.4) is 0 Å². The van der Waals surface area contributed by atoms with E-state index in [1.54, 1.807) is 12.1 Å². The summed E-state index contributed by atoms with van der Waals surface area (Å²) in [6, 6.07) is 4.43. The molecule has 1 aromatic carbocycles. The van der Waals surface area contributed by atoms with Crippen molar-refractivity contribution in [2.75, 3.05) is 6.54 Å². The van der Waals surface area contributed by atoms with Crippen LogP contribution in [0.4, 0.5) is 4.39 Å². The van der Waals surface area contributed by atoms with Crippen LogP contribution in [0, 0.1) is 11.2 Å². The van der Waals surface area contributed by atoms with Crippen LogP contribution in [0.5, 0.6) is 0 Å². The average molecular weight is 300 g/mol. The number of halogens is 2. The number of carbonyl (C=O) groups is 1. The van der Waals surface area contributed by atoms with E-state index in [0.29, 0.717) is 22.0 Å². The zero-order valence-corrected chi connectivity index (χ0v) is 11.3. The van der Waals surface area contributed by atoms with Crippen molar-refractivity contribution in [3.63, 3.8) is 0 Å². The lowest BCUT2D eigenvalue weighted by atomic mass is 10.0. The van der Waals surface area contributed by atoms with Crippen LogP contribution >= 0.6 is 15.9 Å². The summed E-state index contributed by atoms with van der Waals surface area (Å²) in [6.45, 7) is 2.83. The maximum absolute atomic E-state index is 13.3. The molecule has 1 amide bonds. The molecule has 2 nitrogen and oxygen atoms in total. The maximum Gasteiger partial charge on any atom is 0.251 e. The molecular weight excluding hydrogens is 285 g/mol. The second-order valence-corrected chi connectivity index (χ2v) is 5.52. The first kappa shape index (κ1) is 12.6. The molecule has 1 saturated carbocycles. The van der Waals surface area contributed by atoms with Crippen molar-refractivity contribution in [3.05, 3.63) is 34.1 Å². The maximum atomic E-state index is 13.3. The van der Waals surface area contributed by atoms with Crippen LogP contribution in [-0.2, 0) is 0 Å². The summed E-state index contributed by atoms with van der Waals surface area (Å²) in [5, 5.41) is 2.88. The molecule has 0 radical (unpaired) electrons. The Labute approximate surface area is 109 Å². The van der Waals surface area contributed by atoms with Gasteiger partial charge in [0.1, 0.15) is 5.82 Å². The quantitative estimate of drug-likeness (QED) is 0.906. The number of carbonyl (C=O) groups excluding carboxylic acids is 1.